The van der Waals surface area contributed by atoms with E-state index in [1.807, 2.05) is 44.2 Å². The van der Waals surface area contributed by atoms with E-state index in [1.54, 1.807) is 22.5 Å². The van der Waals surface area contributed by atoms with Gasteiger partial charge in [-0.2, -0.15) is 0 Å². The molecule has 0 radical (unpaired) electrons. The van der Waals surface area contributed by atoms with Crippen LogP contribution < -0.4 is 5.56 Å². The third-order valence-electron chi connectivity index (χ3n) is 6.47. The molecule has 2 aliphatic heterocycles. The molecule has 0 saturated carbocycles. The number of aromatic nitrogens is 2. The molecule has 2 aliphatic rings. The Balaban J connectivity index is 1.76. The van der Waals surface area contributed by atoms with Crippen LogP contribution in [0, 0.1) is 0 Å². The van der Waals surface area contributed by atoms with Crippen molar-refractivity contribution < 1.29 is 14.3 Å². The molecule has 1 amide bonds. The number of esters is 1. The van der Waals surface area contributed by atoms with Crippen molar-refractivity contribution in [2.24, 2.45) is 0 Å². The average Bonchev–Trinajstić information content (AvgIpc) is 3.28. The maximum atomic E-state index is 13.4. The van der Waals surface area contributed by atoms with Crippen LogP contribution in [-0.2, 0) is 21.7 Å². The highest BCUT2D eigenvalue weighted by atomic mass is 16.6. The van der Waals surface area contributed by atoms with Crippen LogP contribution in [0.2, 0.25) is 0 Å². The number of fused-ring (bicyclic) bond motifs is 5. The molecule has 1 aromatic carbocycles. The van der Waals surface area contributed by atoms with Crippen LogP contribution in [0.25, 0.3) is 22.3 Å². The summed E-state index contributed by atoms with van der Waals surface area (Å²) in [5, 5.41) is 0.994. The van der Waals surface area contributed by atoms with Crippen molar-refractivity contribution in [2.75, 3.05) is 13.1 Å². The fourth-order valence-electron chi connectivity index (χ4n) is 4.79. The molecule has 31 heavy (non-hydrogen) atoms. The molecule has 4 heterocycles. The van der Waals surface area contributed by atoms with E-state index in [4.69, 9.17) is 9.72 Å². The molecule has 2 aromatic heterocycles. The lowest BCUT2D eigenvalue weighted by Gasteiger charge is -2.32. The van der Waals surface area contributed by atoms with E-state index in [9.17, 15) is 14.4 Å². The number of pyridine rings is 2. The van der Waals surface area contributed by atoms with Gasteiger partial charge in [-0.3, -0.25) is 9.59 Å². The predicted octanol–water partition coefficient (Wildman–Crippen LogP) is 3.07. The first-order chi connectivity index (χ1) is 14.9. The third kappa shape index (κ3) is 2.52. The van der Waals surface area contributed by atoms with Crippen molar-refractivity contribution in [1.29, 1.82) is 0 Å². The van der Waals surface area contributed by atoms with E-state index in [0.717, 1.165) is 16.5 Å². The fraction of sp³-hybridized carbons (Fsp3) is 0.333. The zero-order chi connectivity index (χ0) is 21.9. The minimum Gasteiger partial charge on any atom is -0.440 e. The van der Waals surface area contributed by atoms with Crippen LogP contribution in [0.15, 0.2) is 41.2 Å². The van der Waals surface area contributed by atoms with Crippen LogP contribution in [0.5, 0.6) is 0 Å². The highest BCUT2D eigenvalue weighted by Crippen LogP contribution is 2.42. The highest BCUT2D eigenvalue weighted by Gasteiger charge is 2.54. The molecule has 0 N–H and O–H groups in total. The van der Waals surface area contributed by atoms with Crippen molar-refractivity contribution in [3.8, 4) is 11.4 Å². The minimum atomic E-state index is -1.48. The molecule has 5 rings (SSSR count). The number of ether oxygens (including phenoxy) is 1. The summed E-state index contributed by atoms with van der Waals surface area (Å²) >= 11 is 0. The number of nitrogens with zero attached hydrogens (tertiary/aromatic N) is 3. The summed E-state index contributed by atoms with van der Waals surface area (Å²) in [4.78, 5) is 46.0. The second kappa shape index (κ2) is 6.77. The Morgan fingerprint density at radius 2 is 1.90 bits per heavy atom. The Bertz CT molecular complexity index is 1320. The van der Waals surface area contributed by atoms with Gasteiger partial charge in [-0.1, -0.05) is 25.1 Å². The van der Waals surface area contributed by atoms with Gasteiger partial charge < -0.3 is 14.2 Å². The van der Waals surface area contributed by atoms with E-state index >= 15 is 0 Å². The Labute approximate surface area is 179 Å². The Hall–Kier alpha value is -3.48. The summed E-state index contributed by atoms with van der Waals surface area (Å²) in [6, 6.07) is 11.6. The molecule has 0 unspecified atom stereocenters. The molecule has 0 aliphatic carbocycles. The second-order valence-corrected chi connectivity index (χ2v) is 7.95. The monoisotopic (exact) mass is 417 g/mol. The summed E-state index contributed by atoms with van der Waals surface area (Å²) in [6.07, 6.45) is 0.252. The van der Waals surface area contributed by atoms with Crippen LogP contribution in [-0.4, -0.2) is 39.4 Å². The second-order valence-electron chi connectivity index (χ2n) is 7.95. The lowest BCUT2D eigenvalue weighted by Crippen LogP contribution is -2.47. The van der Waals surface area contributed by atoms with Gasteiger partial charge in [0.1, 0.15) is 5.56 Å². The van der Waals surface area contributed by atoms with Crippen molar-refractivity contribution in [1.82, 2.24) is 14.5 Å². The number of hydrogen-bond acceptors (Lipinski definition) is 5. The Morgan fingerprint density at radius 1 is 1.16 bits per heavy atom. The summed E-state index contributed by atoms with van der Waals surface area (Å²) in [5.74, 6) is -1.02. The summed E-state index contributed by atoms with van der Waals surface area (Å²) in [6.45, 7) is 6.88. The molecule has 3 aromatic rings. The highest BCUT2D eigenvalue weighted by molar-refractivity contribution is 6.02. The van der Waals surface area contributed by atoms with Gasteiger partial charge in [0.25, 0.3) is 11.5 Å². The fourth-order valence-corrected chi connectivity index (χ4v) is 4.79. The number of benzene rings is 1. The number of rotatable bonds is 4. The van der Waals surface area contributed by atoms with E-state index < -0.39 is 17.1 Å². The molecule has 158 valence electrons. The first-order valence-electron chi connectivity index (χ1n) is 10.6. The summed E-state index contributed by atoms with van der Waals surface area (Å²) in [7, 11) is 0. The number of carbonyl (C=O) groups is 2. The number of likely N-dealkylation sites (N-methyl/N-ethyl adjacent to an activating group) is 1. The van der Waals surface area contributed by atoms with Gasteiger partial charge in [0.2, 0.25) is 5.60 Å². The van der Waals surface area contributed by atoms with Gasteiger partial charge in [0.05, 0.1) is 23.4 Å². The Morgan fingerprint density at radius 3 is 2.61 bits per heavy atom. The summed E-state index contributed by atoms with van der Waals surface area (Å²) < 4.78 is 7.23. The van der Waals surface area contributed by atoms with E-state index in [1.165, 1.54) is 0 Å². The smallest absolute Gasteiger partial charge is 0.345 e. The SMILES string of the molecule is CCN(CC)C(=O)[C@]1(CC)OC(=O)c2c1cc1n(c2=O)Cc2cc3ccccc3nc2-1. The first-order valence-corrected chi connectivity index (χ1v) is 10.6. The largest absolute Gasteiger partial charge is 0.440 e. The lowest BCUT2D eigenvalue weighted by atomic mass is 9.88. The van der Waals surface area contributed by atoms with Crippen LogP contribution >= 0.6 is 0 Å². The van der Waals surface area contributed by atoms with Crippen molar-refractivity contribution in [3.05, 3.63) is 63.4 Å². The lowest BCUT2D eigenvalue weighted by molar-refractivity contribution is -0.152. The van der Waals surface area contributed by atoms with Gasteiger partial charge in [-0.05, 0) is 38.5 Å². The molecule has 7 nitrogen and oxygen atoms in total. The number of hydrogen-bond donors (Lipinski definition) is 0. The topological polar surface area (TPSA) is 81.5 Å². The van der Waals surface area contributed by atoms with E-state index in [2.05, 4.69) is 0 Å². The molecular formula is C24H23N3O4. The molecule has 7 heteroatoms. The predicted molar refractivity (Wildman–Crippen MR) is 116 cm³/mol. The Kier molecular flexibility index (Phi) is 4.25. The van der Waals surface area contributed by atoms with Gasteiger partial charge in [0, 0.05) is 29.6 Å². The molecular weight excluding hydrogens is 394 g/mol. The summed E-state index contributed by atoms with van der Waals surface area (Å²) in [5.41, 5.74) is 1.49. The zero-order valence-electron chi connectivity index (χ0n) is 17.8. The number of carbonyl (C=O) groups excluding carboxylic acids is 2. The molecule has 0 spiro atoms. The van der Waals surface area contributed by atoms with Crippen molar-refractivity contribution >= 4 is 22.8 Å². The maximum absolute atomic E-state index is 13.4. The minimum absolute atomic E-state index is 0.0385. The van der Waals surface area contributed by atoms with Crippen LogP contribution in [0.4, 0.5) is 0 Å². The molecule has 0 fully saturated rings. The van der Waals surface area contributed by atoms with Crippen LogP contribution in [0.1, 0.15) is 48.7 Å². The quantitative estimate of drug-likeness (QED) is 0.477. The third-order valence-corrected chi connectivity index (χ3v) is 6.47. The number of para-hydroxylation sites is 1. The molecule has 1 atom stereocenters. The average molecular weight is 417 g/mol. The van der Waals surface area contributed by atoms with E-state index in [-0.39, 0.29) is 17.9 Å². The zero-order valence-corrected chi connectivity index (χ0v) is 17.8. The van der Waals surface area contributed by atoms with Gasteiger partial charge in [-0.25, -0.2) is 9.78 Å². The number of cyclic esters (lactones) is 1. The maximum Gasteiger partial charge on any atom is 0.345 e. The van der Waals surface area contributed by atoms with Crippen molar-refractivity contribution in [2.45, 2.75) is 39.3 Å². The van der Waals surface area contributed by atoms with Gasteiger partial charge in [-0.15, -0.1) is 0 Å². The molecule has 0 saturated heterocycles. The molecule has 0 bridgehead atoms. The van der Waals surface area contributed by atoms with Gasteiger partial charge >= 0.3 is 5.97 Å². The van der Waals surface area contributed by atoms with Crippen LogP contribution in [0.3, 0.4) is 0 Å². The van der Waals surface area contributed by atoms with E-state index in [0.29, 0.717) is 36.6 Å². The normalized spacial score (nSPS) is 18.5. The number of amides is 1. The van der Waals surface area contributed by atoms with Crippen molar-refractivity contribution in [3.63, 3.8) is 0 Å². The van der Waals surface area contributed by atoms with Gasteiger partial charge in [0.15, 0.2) is 0 Å². The first kappa shape index (κ1) is 19.5. The standard InChI is InChI=1S/C24H23N3O4/c1-4-24(23(30)26(5-2)6-3)16-12-18-20-15(11-14-9-7-8-10-17(14)25-20)13-27(18)21(28)19(16)22(29)31-24/h7-12H,4-6,13H2,1-3H3/t24-/m1/s1.